The Labute approximate surface area is 123 Å². The lowest BCUT2D eigenvalue weighted by Gasteiger charge is -2.18. The van der Waals surface area contributed by atoms with Gasteiger partial charge in [0.1, 0.15) is 5.75 Å². The number of aliphatic carboxylic acids is 1. The van der Waals surface area contributed by atoms with Crippen molar-refractivity contribution < 1.29 is 19.4 Å². The summed E-state index contributed by atoms with van der Waals surface area (Å²) in [6.45, 7) is 4.36. The summed E-state index contributed by atoms with van der Waals surface area (Å²) in [5, 5.41) is 12.0. The Morgan fingerprint density at radius 3 is 2.76 bits per heavy atom. The van der Waals surface area contributed by atoms with E-state index in [1.54, 1.807) is 6.07 Å². The largest absolute Gasteiger partial charge is 0.493 e. The van der Waals surface area contributed by atoms with Crippen molar-refractivity contribution in [3.05, 3.63) is 23.8 Å². The van der Waals surface area contributed by atoms with Gasteiger partial charge in [-0.1, -0.05) is 13.8 Å². The molecular weight excluding hydrogens is 270 g/mol. The highest BCUT2D eigenvalue weighted by Crippen LogP contribution is 2.58. The molecule has 112 valence electrons. The third-order valence-electron chi connectivity index (χ3n) is 4.55. The van der Waals surface area contributed by atoms with Gasteiger partial charge in [0, 0.05) is 5.69 Å². The molecule has 1 aromatic rings. The number of amides is 1. The Hall–Kier alpha value is -2.04. The maximum absolute atomic E-state index is 12.3. The van der Waals surface area contributed by atoms with Gasteiger partial charge in [-0.15, -0.1) is 0 Å². The summed E-state index contributed by atoms with van der Waals surface area (Å²) in [6, 6.07) is 5.57. The van der Waals surface area contributed by atoms with Crippen LogP contribution in [0.4, 0.5) is 5.69 Å². The molecule has 5 nitrogen and oxygen atoms in total. The second-order valence-electron chi connectivity index (χ2n) is 6.38. The molecular formula is C16H19NO4. The third-order valence-corrected chi connectivity index (χ3v) is 4.55. The zero-order chi connectivity index (χ0) is 15.2. The van der Waals surface area contributed by atoms with Crippen LogP contribution >= 0.6 is 0 Å². The molecule has 1 aliphatic carbocycles. The zero-order valence-corrected chi connectivity index (χ0v) is 12.2. The van der Waals surface area contributed by atoms with Crippen molar-refractivity contribution in [2.45, 2.75) is 26.7 Å². The van der Waals surface area contributed by atoms with Crippen LogP contribution in [0.3, 0.4) is 0 Å². The maximum atomic E-state index is 12.3. The van der Waals surface area contributed by atoms with Gasteiger partial charge in [-0.05, 0) is 42.0 Å². The van der Waals surface area contributed by atoms with Crippen molar-refractivity contribution in [2.75, 3.05) is 11.9 Å². The van der Waals surface area contributed by atoms with E-state index in [-0.39, 0.29) is 5.91 Å². The van der Waals surface area contributed by atoms with Gasteiger partial charge in [-0.2, -0.15) is 0 Å². The number of ether oxygens (including phenoxy) is 1. The zero-order valence-electron chi connectivity index (χ0n) is 12.2. The number of hydrogen-bond acceptors (Lipinski definition) is 3. The molecule has 0 radical (unpaired) electrons. The van der Waals surface area contributed by atoms with Gasteiger partial charge in [0.2, 0.25) is 5.91 Å². The normalized spacial score (nSPS) is 25.4. The molecule has 1 fully saturated rings. The monoisotopic (exact) mass is 289 g/mol. The fraction of sp³-hybridized carbons (Fsp3) is 0.500. The fourth-order valence-electron chi connectivity index (χ4n) is 3.25. The summed E-state index contributed by atoms with van der Waals surface area (Å²) in [4.78, 5) is 23.4. The summed E-state index contributed by atoms with van der Waals surface area (Å²) in [7, 11) is 0. The molecule has 1 saturated carbocycles. The van der Waals surface area contributed by atoms with Crippen molar-refractivity contribution in [3.63, 3.8) is 0 Å². The molecule has 21 heavy (non-hydrogen) atoms. The Kier molecular flexibility index (Phi) is 3.15. The molecule has 2 atom stereocenters. The lowest BCUT2D eigenvalue weighted by molar-refractivity contribution is -0.140. The van der Waals surface area contributed by atoms with E-state index in [4.69, 9.17) is 9.84 Å². The number of fused-ring (bicyclic) bond motifs is 1. The quantitative estimate of drug-likeness (QED) is 0.895. The minimum absolute atomic E-state index is 0.218. The van der Waals surface area contributed by atoms with Crippen molar-refractivity contribution in [1.82, 2.24) is 0 Å². The van der Waals surface area contributed by atoms with Gasteiger partial charge in [-0.3, -0.25) is 9.59 Å². The van der Waals surface area contributed by atoms with Gasteiger partial charge in [0.05, 0.1) is 18.4 Å². The molecule has 2 N–H and O–H groups in total. The van der Waals surface area contributed by atoms with Crippen LogP contribution in [0.25, 0.3) is 0 Å². The van der Waals surface area contributed by atoms with Gasteiger partial charge in [0.25, 0.3) is 0 Å². The topological polar surface area (TPSA) is 75.6 Å². The van der Waals surface area contributed by atoms with Crippen molar-refractivity contribution in [2.24, 2.45) is 17.3 Å². The van der Waals surface area contributed by atoms with Crippen LogP contribution in [-0.4, -0.2) is 23.6 Å². The number of carboxylic acid groups (broad SMARTS) is 1. The number of rotatable bonds is 3. The molecule has 1 amide bonds. The number of carbonyl (C=O) groups excluding carboxylic acids is 1. The van der Waals surface area contributed by atoms with E-state index in [9.17, 15) is 9.59 Å². The van der Waals surface area contributed by atoms with Crippen LogP contribution in [0.5, 0.6) is 5.75 Å². The highest BCUT2D eigenvalue weighted by molar-refractivity contribution is 5.99. The molecule has 1 aromatic carbocycles. The van der Waals surface area contributed by atoms with Crippen LogP contribution in [0.1, 0.15) is 25.8 Å². The molecule has 0 unspecified atom stereocenters. The summed E-state index contributed by atoms with van der Waals surface area (Å²) in [6.07, 6.45) is 1.91. The maximum Gasteiger partial charge on any atom is 0.307 e. The van der Waals surface area contributed by atoms with E-state index < -0.39 is 23.2 Å². The van der Waals surface area contributed by atoms with Gasteiger partial charge < -0.3 is 15.2 Å². The van der Waals surface area contributed by atoms with Crippen molar-refractivity contribution in [1.29, 1.82) is 0 Å². The van der Waals surface area contributed by atoms with Crippen molar-refractivity contribution >= 4 is 17.6 Å². The van der Waals surface area contributed by atoms with E-state index >= 15 is 0 Å². The summed E-state index contributed by atoms with van der Waals surface area (Å²) in [5.74, 6) is -1.32. The average molecular weight is 289 g/mol. The predicted octanol–water partition coefficient (Wildman–Crippen LogP) is 2.31. The molecule has 0 bridgehead atoms. The highest BCUT2D eigenvalue weighted by atomic mass is 16.5. The lowest BCUT2D eigenvalue weighted by Crippen LogP contribution is -2.18. The van der Waals surface area contributed by atoms with Crippen LogP contribution in [0, 0.1) is 17.3 Å². The van der Waals surface area contributed by atoms with Gasteiger partial charge in [0.15, 0.2) is 0 Å². The Morgan fingerprint density at radius 1 is 1.33 bits per heavy atom. The molecule has 3 rings (SSSR count). The number of anilines is 1. The first-order valence-corrected chi connectivity index (χ1v) is 7.20. The van der Waals surface area contributed by atoms with Crippen LogP contribution < -0.4 is 10.1 Å². The first kappa shape index (κ1) is 13.9. The predicted molar refractivity (Wildman–Crippen MR) is 77.3 cm³/mol. The number of nitrogens with one attached hydrogen (secondary N) is 1. The Balaban J connectivity index is 1.73. The summed E-state index contributed by atoms with van der Waals surface area (Å²) >= 11 is 0. The molecule has 1 aliphatic heterocycles. The van der Waals surface area contributed by atoms with Gasteiger partial charge in [-0.25, -0.2) is 0 Å². The first-order chi connectivity index (χ1) is 9.91. The van der Waals surface area contributed by atoms with Crippen LogP contribution in [-0.2, 0) is 16.0 Å². The van der Waals surface area contributed by atoms with Crippen molar-refractivity contribution in [3.8, 4) is 5.75 Å². The molecule has 5 heteroatoms. The van der Waals surface area contributed by atoms with Crippen LogP contribution in [0.2, 0.25) is 0 Å². The number of carboxylic acids is 1. The van der Waals surface area contributed by atoms with E-state index in [0.717, 1.165) is 30.8 Å². The number of aryl methyl sites for hydroxylation is 1. The van der Waals surface area contributed by atoms with Gasteiger partial charge >= 0.3 is 5.97 Å². The van der Waals surface area contributed by atoms with E-state index in [2.05, 4.69) is 5.32 Å². The lowest BCUT2D eigenvalue weighted by atomic mass is 10.1. The molecule has 2 aliphatic rings. The number of carbonyl (C=O) groups is 2. The molecule has 1 heterocycles. The summed E-state index contributed by atoms with van der Waals surface area (Å²) < 4.78 is 5.53. The first-order valence-electron chi connectivity index (χ1n) is 7.20. The van der Waals surface area contributed by atoms with E-state index in [1.807, 2.05) is 26.0 Å². The molecule has 0 saturated heterocycles. The molecule has 0 aromatic heterocycles. The standard InChI is InChI=1S/C16H19NO4/c1-16(2)12(13(16)15(19)20)14(18)17-10-5-6-11-9(8-10)4-3-7-21-11/h5-6,8,12-13H,3-4,7H2,1-2H3,(H,17,18)(H,19,20)/t12-,13+/m1/s1. The number of benzene rings is 1. The third kappa shape index (κ3) is 2.37. The highest BCUT2D eigenvalue weighted by Gasteiger charge is 2.65. The van der Waals surface area contributed by atoms with Crippen LogP contribution in [0.15, 0.2) is 18.2 Å². The molecule has 0 spiro atoms. The smallest absolute Gasteiger partial charge is 0.307 e. The minimum atomic E-state index is -0.904. The van der Waals surface area contributed by atoms with E-state index in [1.165, 1.54) is 0 Å². The number of hydrogen-bond donors (Lipinski definition) is 2. The second-order valence-corrected chi connectivity index (χ2v) is 6.38. The Bertz CT molecular complexity index is 608. The Morgan fingerprint density at radius 2 is 2.10 bits per heavy atom. The second kappa shape index (κ2) is 4.76. The summed E-state index contributed by atoms with van der Waals surface area (Å²) in [5.41, 5.74) is 1.31. The SMILES string of the molecule is CC1(C)[C@H](C(=O)O)[C@@H]1C(=O)Nc1ccc2c(c1)CCCO2. The average Bonchev–Trinajstić information content (AvgIpc) is 3.02. The fourth-order valence-corrected chi connectivity index (χ4v) is 3.25. The van der Waals surface area contributed by atoms with E-state index in [0.29, 0.717) is 5.69 Å². The minimum Gasteiger partial charge on any atom is -0.493 e.